The Labute approximate surface area is 157 Å². The Bertz CT molecular complexity index is 710. The number of hydrogen-bond donors (Lipinski definition) is 1. The highest BCUT2D eigenvalue weighted by Crippen LogP contribution is 2.19. The largest absolute Gasteiger partial charge is 0.484 e. The maximum absolute atomic E-state index is 12.3. The SMILES string of the molecule is CCCCS(=O)(=O)NC1CCN(C(=O)COc2ccc(C)cc2C)CC1. The van der Waals surface area contributed by atoms with E-state index in [2.05, 4.69) is 4.72 Å². The number of aryl methyl sites for hydroxylation is 2. The van der Waals surface area contributed by atoms with Crippen molar-refractivity contribution in [2.45, 2.75) is 52.5 Å². The third-order valence-electron chi connectivity index (χ3n) is 4.64. The number of piperidine rings is 1. The molecule has 1 amide bonds. The lowest BCUT2D eigenvalue weighted by Crippen LogP contribution is -2.48. The molecule has 0 atom stereocenters. The molecule has 0 saturated carbocycles. The Morgan fingerprint density at radius 3 is 2.58 bits per heavy atom. The van der Waals surface area contributed by atoms with Crippen LogP contribution in [0.2, 0.25) is 0 Å². The predicted molar refractivity (Wildman–Crippen MR) is 103 cm³/mol. The summed E-state index contributed by atoms with van der Waals surface area (Å²) >= 11 is 0. The number of unbranched alkanes of at least 4 members (excludes halogenated alkanes) is 1. The number of hydrogen-bond acceptors (Lipinski definition) is 4. The van der Waals surface area contributed by atoms with Crippen LogP contribution in [0.1, 0.15) is 43.7 Å². The molecule has 7 heteroatoms. The van der Waals surface area contributed by atoms with Gasteiger partial charge in [-0.2, -0.15) is 0 Å². The average molecular weight is 383 g/mol. The molecule has 0 aliphatic carbocycles. The van der Waals surface area contributed by atoms with E-state index in [0.29, 0.717) is 32.4 Å². The van der Waals surface area contributed by atoms with Crippen LogP contribution in [0.4, 0.5) is 0 Å². The standard InChI is InChI=1S/C19H30N2O4S/c1-4-5-12-26(23,24)20-17-8-10-21(11-9-17)19(22)14-25-18-7-6-15(2)13-16(18)3/h6-7,13,17,20H,4-5,8-12,14H2,1-3H3. The Morgan fingerprint density at radius 1 is 1.27 bits per heavy atom. The second kappa shape index (κ2) is 9.37. The summed E-state index contributed by atoms with van der Waals surface area (Å²) in [6.45, 7) is 7.06. The van der Waals surface area contributed by atoms with E-state index in [9.17, 15) is 13.2 Å². The zero-order valence-corrected chi connectivity index (χ0v) is 16.8. The molecule has 1 aliphatic rings. The van der Waals surface area contributed by atoms with Gasteiger partial charge in [0.2, 0.25) is 10.0 Å². The third-order valence-corrected chi connectivity index (χ3v) is 6.16. The second-order valence-electron chi connectivity index (χ2n) is 7.00. The van der Waals surface area contributed by atoms with Gasteiger partial charge in [-0.25, -0.2) is 13.1 Å². The molecule has 1 saturated heterocycles. The van der Waals surface area contributed by atoms with E-state index >= 15 is 0 Å². The molecule has 1 fully saturated rings. The number of benzene rings is 1. The summed E-state index contributed by atoms with van der Waals surface area (Å²) in [6, 6.07) is 5.79. The third kappa shape index (κ3) is 6.29. The van der Waals surface area contributed by atoms with Crippen LogP contribution in [-0.4, -0.2) is 50.7 Å². The van der Waals surface area contributed by atoms with Gasteiger partial charge in [-0.15, -0.1) is 0 Å². The number of nitrogens with one attached hydrogen (secondary N) is 1. The van der Waals surface area contributed by atoms with Crippen LogP contribution in [0.15, 0.2) is 18.2 Å². The molecule has 1 heterocycles. The number of carbonyl (C=O) groups is 1. The minimum atomic E-state index is -3.21. The molecule has 0 radical (unpaired) electrons. The van der Waals surface area contributed by atoms with Crippen molar-refractivity contribution in [3.05, 3.63) is 29.3 Å². The molecule has 146 valence electrons. The summed E-state index contributed by atoms with van der Waals surface area (Å²) in [5.41, 5.74) is 2.17. The molecule has 1 aromatic rings. The number of amides is 1. The van der Waals surface area contributed by atoms with Crippen molar-refractivity contribution in [3.8, 4) is 5.75 Å². The fourth-order valence-corrected chi connectivity index (χ4v) is 4.62. The zero-order chi connectivity index (χ0) is 19.2. The minimum absolute atomic E-state index is 0.0107. The average Bonchev–Trinajstić information content (AvgIpc) is 2.59. The van der Waals surface area contributed by atoms with Gasteiger partial charge in [-0.1, -0.05) is 31.0 Å². The lowest BCUT2D eigenvalue weighted by Gasteiger charge is -2.32. The lowest BCUT2D eigenvalue weighted by atomic mass is 10.1. The van der Waals surface area contributed by atoms with Gasteiger partial charge in [0.1, 0.15) is 5.75 Å². The second-order valence-corrected chi connectivity index (χ2v) is 8.88. The number of carbonyl (C=O) groups excluding carboxylic acids is 1. The summed E-state index contributed by atoms with van der Waals surface area (Å²) in [6.07, 6.45) is 2.80. The van der Waals surface area contributed by atoms with Gasteiger partial charge in [-0.05, 0) is 44.7 Å². The van der Waals surface area contributed by atoms with Crippen molar-refractivity contribution in [1.82, 2.24) is 9.62 Å². The van der Waals surface area contributed by atoms with Crippen molar-refractivity contribution >= 4 is 15.9 Å². The van der Waals surface area contributed by atoms with E-state index < -0.39 is 10.0 Å². The predicted octanol–water partition coefficient (Wildman–Crippen LogP) is 2.39. The molecule has 1 aliphatic heterocycles. The van der Waals surface area contributed by atoms with Crippen molar-refractivity contribution in [2.75, 3.05) is 25.4 Å². The summed E-state index contributed by atoms with van der Waals surface area (Å²) < 4.78 is 32.4. The topological polar surface area (TPSA) is 75.7 Å². The monoisotopic (exact) mass is 382 g/mol. The van der Waals surface area contributed by atoms with E-state index in [-0.39, 0.29) is 24.3 Å². The van der Waals surface area contributed by atoms with Crippen LogP contribution in [0.3, 0.4) is 0 Å². The highest BCUT2D eigenvalue weighted by Gasteiger charge is 2.25. The first-order valence-electron chi connectivity index (χ1n) is 9.28. The molecular weight excluding hydrogens is 352 g/mol. The highest BCUT2D eigenvalue weighted by molar-refractivity contribution is 7.89. The van der Waals surface area contributed by atoms with Gasteiger partial charge in [0.15, 0.2) is 6.61 Å². The molecule has 0 unspecified atom stereocenters. The Kier molecular flexibility index (Phi) is 7.46. The highest BCUT2D eigenvalue weighted by atomic mass is 32.2. The van der Waals surface area contributed by atoms with E-state index in [0.717, 1.165) is 23.3 Å². The summed E-state index contributed by atoms with van der Waals surface area (Å²) in [4.78, 5) is 14.1. The minimum Gasteiger partial charge on any atom is -0.484 e. The van der Waals surface area contributed by atoms with Crippen LogP contribution < -0.4 is 9.46 Å². The quantitative estimate of drug-likeness (QED) is 0.749. The molecular formula is C19H30N2O4S. The van der Waals surface area contributed by atoms with E-state index in [1.54, 1.807) is 4.90 Å². The smallest absolute Gasteiger partial charge is 0.260 e. The fourth-order valence-electron chi connectivity index (χ4n) is 3.09. The molecule has 6 nitrogen and oxygen atoms in total. The van der Waals surface area contributed by atoms with Crippen molar-refractivity contribution in [1.29, 1.82) is 0 Å². The number of sulfonamides is 1. The van der Waals surface area contributed by atoms with Crippen molar-refractivity contribution in [3.63, 3.8) is 0 Å². The number of rotatable bonds is 8. The summed E-state index contributed by atoms with van der Waals surface area (Å²) in [5, 5.41) is 0. The van der Waals surface area contributed by atoms with Crippen LogP contribution in [0.25, 0.3) is 0 Å². The van der Waals surface area contributed by atoms with Crippen molar-refractivity contribution < 1.29 is 17.9 Å². The normalized spacial score (nSPS) is 15.9. The number of likely N-dealkylation sites (tertiary alicyclic amines) is 1. The Hall–Kier alpha value is -1.60. The Morgan fingerprint density at radius 2 is 1.96 bits per heavy atom. The number of ether oxygens (including phenoxy) is 1. The van der Waals surface area contributed by atoms with Gasteiger partial charge >= 0.3 is 0 Å². The first-order chi connectivity index (χ1) is 12.3. The van der Waals surface area contributed by atoms with Gasteiger partial charge in [0.25, 0.3) is 5.91 Å². The molecule has 2 rings (SSSR count). The van der Waals surface area contributed by atoms with Gasteiger partial charge in [0.05, 0.1) is 5.75 Å². The maximum atomic E-state index is 12.3. The van der Waals surface area contributed by atoms with Crippen LogP contribution >= 0.6 is 0 Å². The van der Waals surface area contributed by atoms with E-state index in [1.807, 2.05) is 39.0 Å². The fraction of sp³-hybridized carbons (Fsp3) is 0.632. The zero-order valence-electron chi connectivity index (χ0n) is 16.0. The molecule has 0 bridgehead atoms. The molecule has 1 aromatic carbocycles. The maximum Gasteiger partial charge on any atom is 0.260 e. The first kappa shape index (κ1) is 20.7. The van der Waals surface area contributed by atoms with Crippen LogP contribution in [-0.2, 0) is 14.8 Å². The van der Waals surface area contributed by atoms with Crippen molar-refractivity contribution in [2.24, 2.45) is 0 Å². The molecule has 26 heavy (non-hydrogen) atoms. The summed E-state index contributed by atoms with van der Waals surface area (Å²) in [5.74, 6) is 0.839. The van der Waals surface area contributed by atoms with Gasteiger partial charge in [-0.3, -0.25) is 4.79 Å². The molecule has 1 N–H and O–H groups in total. The van der Waals surface area contributed by atoms with Gasteiger partial charge in [0, 0.05) is 19.1 Å². The number of nitrogens with zero attached hydrogens (tertiary/aromatic N) is 1. The van der Waals surface area contributed by atoms with Crippen LogP contribution in [0.5, 0.6) is 5.75 Å². The van der Waals surface area contributed by atoms with Gasteiger partial charge < -0.3 is 9.64 Å². The van der Waals surface area contributed by atoms with E-state index in [4.69, 9.17) is 4.74 Å². The lowest BCUT2D eigenvalue weighted by molar-refractivity contribution is -0.134. The summed E-state index contributed by atoms with van der Waals surface area (Å²) in [7, 11) is -3.21. The van der Waals surface area contributed by atoms with E-state index in [1.165, 1.54) is 0 Å². The molecule has 0 spiro atoms. The first-order valence-corrected chi connectivity index (χ1v) is 10.9. The Balaban J connectivity index is 1.77. The molecule has 0 aromatic heterocycles. The van der Waals surface area contributed by atoms with Crippen LogP contribution in [0, 0.1) is 13.8 Å².